The summed E-state index contributed by atoms with van der Waals surface area (Å²) >= 11 is 0. The quantitative estimate of drug-likeness (QED) is 0.0421. The van der Waals surface area contributed by atoms with Gasteiger partial charge in [-0.1, -0.05) is 53.2 Å². The van der Waals surface area contributed by atoms with Crippen LogP contribution in [0.2, 0.25) is 0 Å². The fraction of sp³-hybridized carbons (Fsp3) is 0.953. The number of ether oxygens (including phenoxy) is 12. The molecule has 0 radical (unpaired) electrons. The number of carbonyl (C=O) groups excluding carboxylic acids is 1. The van der Waals surface area contributed by atoms with Gasteiger partial charge in [-0.2, -0.15) is 0 Å². The number of fused-ring (bicyclic) bond motifs is 7. The summed E-state index contributed by atoms with van der Waals surface area (Å²) in [4.78, 5) is 15.3. The second-order valence-electron chi connectivity index (χ2n) is 30.8. The number of aliphatic hydroxyl groups excluding tert-OH is 17. The topological polar surface area (TPSA) is 472 Å². The van der Waals surface area contributed by atoms with Gasteiger partial charge in [0.25, 0.3) is 0 Å². The third-order valence-electron chi connectivity index (χ3n) is 24.9. The van der Waals surface area contributed by atoms with E-state index in [-0.39, 0.29) is 41.8 Å². The van der Waals surface area contributed by atoms with Crippen LogP contribution in [0.5, 0.6) is 0 Å². The van der Waals surface area contributed by atoms with Crippen molar-refractivity contribution in [2.45, 2.75) is 298 Å². The molecule has 0 spiro atoms. The molecule has 0 amide bonds. The maximum absolute atomic E-state index is 15.3. The molecular formula is C64H104O30. The maximum atomic E-state index is 15.3. The number of esters is 1. The zero-order valence-electron chi connectivity index (χ0n) is 54.6. The lowest BCUT2D eigenvalue weighted by atomic mass is 9.33. The number of rotatable bonds is 15. The number of hydrogen-bond donors (Lipinski definition) is 17. The lowest BCUT2D eigenvalue weighted by molar-refractivity contribution is -0.384. The van der Waals surface area contributed by atoms with Gasteiger partial charge in [0.2, 0.25) is 6.29 Å². The highest BCUT2D eigenvalue weighted by molar-refractivity contribution is 5.79. The van der Waals surface area contributed by atoms with Crippen LogP contribution in [0.15, 0.2) is 11.6 Å². The van der Waals surface area contributed by atoms with Crippen LogP contribution in [0.3, 0.4) is 0 Å². The molecule has 6 heterocycles. The second-order valence-corrected chi connectivity index (χ2v) is 30.8. The van der Waals surface area contributed by atoms with E-state index in [9.17, 15) is 86.8 Å². The molecule has 94 heavy (non-hydrogen) atoms. The van der Waals surface area contributed by atoms with Crippen molar-refractivity contribution >= 4 is 5.97 Å². The van der Waals surface area contributed by atoms with Crippen molar-refractivity contribution in [3.05, 3.63) is 11.6 Å². The first kappa shape index (κ1) is 73.3. The van der Waals surface area contributed by atoms with Gasteiger partial charge in [-0.25, -0.2) is 0 Å². The maximum Gasteiger partial charge on any atom is 0.315 e. The van der Waals surface area contributed by atoms with Crippen LogP contribution < -0.4 is 0 Å². The average molecular weight is 1350 g/mol. The second kappa shape index (κ2) is 27.5. The van der Waals surface area contributed by atoms with Gasteiger partial charge < -0.3 is 144 Å². The standard InChI is InChI=1S/C64H104O30/c1-25-36(69)40(73)45(78)54(86-25)92-50-31(20-65)88-52(48(81)43(50)76)85-23-32-39(72)42(75)47(80)56(89-32)94-58(82)64-17-15-59(3,4)19-28(64)27-9-10-34-60(5)13-12-35(61(6,24-66)33(60)11-14-63(34,8)62(27,7)16-18-64)90-57-51(93-55-46(79)41(74)37(70)26(2)87-55)49(30(68)22-84-57)91-53-44(77)38(71)29(67)21-83-53/h9,25-26,28-57,65-81H,10-24H2,1-8H3. The Bertz CT molecular complexity index is 2640. The third kappa shape index (κ3) is 12.5. The molecule has 30 heteroatoms. The fourth-order valence-electron chi connectivity index (χ4n) is 18.7. The first-order valence-electron chi connectivity index (χ1n) is 33.5. The smallest absolute Gasteiger partial charge is 0.315 e. The minimum Gasteiger partial charge on any atom is -0.432 e. The summed E-state index contributed by atoms with van der Waals surface area (Å²) in [6.45, 7) is 13.6. The van der Waals surface area contributed by atoms with Gasteiger partial charge in [0.05, 0.1) is 56.8 Å². The Kier molecular flexibility index (Phi) is 21.4. The molecule has 4 saturated carbocycles. The number of allylic oxidation sites excluding steroid dienone is 2. The molecule has 6 aliphatic heterocycles. The van der Waals surface area contributed by atoms with E-state index in [0.29, 0.717) is 57.8 Å². The molecule has 30 nitrogen and oxygen atoms in total. The Balaban J connectivity index is 0.794. The Labute approximate surface area is 545 Å². The number of hydrogen-bond acceptors (Lipinski definition) is 30. The first-order chi connectivity index (χ1) is 44.1. The summed E-state index contributed by atoms with van der Waals surface area (Å²) in [7, 11) is 0. The van der Waals surface area contributed by atoms with Crippen LogP contribution in [-0.2, 0) is 61.6 Å². The van der Waals surface area contributed by atoms with Crippen molar-refractivity contribution in [1.29, 1.82) is 0 Å². The van der Waals surface area contributed by atoms with E-state index in [1.54, 1.807) is 0 Å². The molecule has 11 rings (SSSR count). The van der Waals surface area contributed by atoms with Crippen molar-refractivity contribution in [2.24, 2.45) is 50.2 Å². The van der Waals surface area contributed by atoms with Crippen LogP contribution in [0, 0.1) is 50.2 Å². The minimum absolute atomic E-state index is 0.0558. The molecule has 37 unspecified atom stereocenters. The normalized spacial score (nSPS) is 55.3. The van der Waals surface area contributed by atoms with E-state index in [4.69, 9.17) is 56.8 Å². The van der Waals surface area contributed by atoms with E-state index < -0.39 is 226 Å². The lowest BCUT2D eigenvalue weighted by Crippen LogP contribution is -2.67. The first-order valence-corrected chi connectivity index (χ1v) is 33.5. The predicted molar refractivity (Wildman–Crippen MR) is 315 cm³/mol. The molecule has 540 valence electrons. The van der Waals surface area contributed by atoms with E-state index >= 15 is 4.79 Å². The van der Waals surface area contributed by atoms with Crippen LogP contribution in [0.4, 0.5) is 0 Å². The van der Waals surface area contributed by atoms with Crippen molar-refractivity contribution < 1.29 is 148 Å². The largest absolute Gasteiger partial charge is 0.432 e. The van der Waals surface area contributed by atoms with Gasteiger partial charge in [0.15, 0.2) is 31.5 Å². The predicted octanol–water partition coefficient (Wildman–Crippen LogP) is -4.08. The van der Waals surface area contributed by atoms with Gasteiger partial charge >= 0.3 is 5.97 Å². The summed E-state index contributed by atoms with van der Waals surface area (Å²) in [5.41, 5.74) is -2.33. The number of aliphatic hydroxyl groups is 17. The van der Waals surface area contributed by atoms with E-state index in [1.165, 1.54) is 13.8 Å². The average Bonchev–Trinajstić information content (AvgIpc) is 0.675. The Morgan fingerprint density at radius 3 is 1.70 bits per heavy atom. The lowest BCUT2D eigenvalue weighted by Gasteiger charge is -2.71. The highest BCUT2D eigenvalue weighted by Gasteiger charge is 2.71. The monoisotopic (exact) mass is 1350 g/mol. The summed E-state index contributed by atoms with van der Waals surface area (Å²) < 4.78 is 72.1. The molecule has 17 N–H and O–H groups in total. The Hall–Kier alpha value is -1.91. The third-order valence-corrected chi connectivity index (χ3v) is 24.9. The van der Waals surface area contributed by atoms with E-state index in [2.05, 4.69) is 40.7 Å². The minimum atomic E-state index is -1.92. The molecule has 11 aliphatic rings. The van der Waals surface area contributed by atoms with Crippen LogP contribution in [0.25, 0.3) is 0 Å². The van der Waals surface area contributed by atoms with Crippen molar-refractivity contribution in [2.75, 3.05) is 33.0 Å². The molecule has 5 aliphatic carbocycles. The molecule has 0 aromatic carbocycles. The van der Waals surface area contributed by atoms with E-state index in [1.807, 2.05) is 6.92 Å². The summed E-state index contributed by atoms with van der Waals surface area (Å²) in [6.07, 6.45) is -37.7. The molecule has 0 aromatic rings. The Morgan fingerprint density at radius 1 is 0.511 bits per heavy atom. The van der Waals surface area contributed by atoms with Gasteiger partial charge in [-0.3, -0.25) is 4.79 Å². The van der Waals surface area contributed by atoms with Crippen molar-refractivity contribution in [1.82, 2.24) is 0 Å². The fourth-order valence-corrected chi connectivity index (χ4v) is 18.7. The van der Waals surface area contributed by atoms with Gasteiger partial charge in [-0.15, -0.1) is 0 Å². The van der Waals surface area contributed by atoms with Crippen molar-refractivity contribution in [3.8, 4) is 0 Å². The van der Waals surface area contributed by atoms with Crippen LogP contribution in [-0.4, -0.2) is 304 Å². The van der Waals surface area contributed by atoms with E-state index in [0.717, 1.165) is 12.0 Å². The molecular weight excluding hydrogens is 1250 g/mol. The molecule has 37 atom stereocenters. The highest BCUT2D eigenvalue weighted by atomic mass is 16.8. The summed E-state index contributed by atoms with van der Waals surface area (Å²) in [5, 5.41) is 185. The molecule has 10 fully saturated rings. The Morgan fingerprint density at radius 2 is 1.06 bits per heavy atom. The van der Waals surface area contributed by atoms with Gasteiger partial charge in [0, 0.05) is 5.41 Å². The molecule has 6 saturated heterocycles. The van der Waals surface area contributed by atoms with Gasteiger partial charge in [0.1, 0.15) is 122 Å². The van der Waals surface area contributed by atoms with Crippen LogP contribution >= 0.6 is 0 Å². The SMILES string of the molecule is CC1OC(OC2C(CO)OC(OCC3OC(OC(=O)C45CCC(C)(C)CC4C4=CCC6C7(C)CCC(OC8OCC(O)C(OC9OCC(O)C(O)C9O)C8OC8OC(C)C(O)C(O)C8O)C(C)(CO)C7CCC6(C)C4(C)CC5)C(O)C(O)C3O)C(O)C2O)C(O)C(O)C1O. The van der Waals surface area contributed by atoms with Crippen molar-refractivity contribution in [3.63, 3.8) is 0 Å². The zero-order chi connectivity index (χ0) is 68.4. The van der Waals surface area contributed by atoms with Crippen LogP contribution in [0.1, 0.15) is 120 Å². The number of carbonyl (C=O) groups is 1. The summed E-state index contributed by atoms with van der Waals surface area (Å²) in [5.74, 6) is -1.07. The molecule has 0 aromatic heterocycles. The summed E-state index contributed by atoms with van der Waals surface area (Å²) in [6, 6.07) is 0. The highest BCUT2D eigenvalue weighted by Crippen LogP contribution is 2.76. The van der Waals surface area contributed by atoms with Gasteiger partial charge in [-0.05, 0) is 117 Å². The zero-order valence-corrected chi connectivity index (χ0v) is 54.6. The molecule has 0 bridgehead atoms.